The van der Waals surface area contributed by atoms with Gasteiger partial charge in [-0.15, -0.1) is 0 Å². The molecule has 3 aliphatic heterocycles. The van der Waals surface area contributed by atoms with Crippen molar-refractivity contribution in [1.29, 1.82) is 0 Å². The van der Waals surface area contributed by atoms with Crippen LogP contribution in [0, 0.1) is 0 Å². The molecule has 5 rings (SSSR count). The summed E-state index contributed by atoms with van der Waals surface area (Å²) in [7, 11) is 0. The molecule has 2 fully saturated rings. The van der Waals surface area contributed by atoms with Crippen LogP contribution in [0.2, 0.25) is 0 Å². The normalized spacial score (nSPS) is 22.3. The summed E-state index contributed by atoms with van der Waals surface area (Å²) in [5.41, 5.74) is 1.93. The summed E-state index contributed by atoms with van der Waals surface area (Å²) in [5, 5.41) is 14.0. The summed E-state index contributed by atoms with van der Waals surface area (Å²) >= 11 is 0. The fourth-order valence-corrected chi connectivity index (χ4v) is 5.81. The van der Waals surface area contributed by atoms with Gasteiger partial charge in [0.2, 0.25) is 5.78 Å². The SMILES string of the molecule is CCOc1ccc(C2C(=C([O-])c3ccc4c(c3)CC(C)O4)C(=O)C(=O)N2CCC[NH+]2CCOCC2)cc1OCC. The number of carbonyl (C=O) groups excluding carboxylic acids is 2. The van der Waals surface area contributed by atoms with Gasteiger partial charge < -0.3 is 33.9 Å². The first-order chi connectivity index (χ1) is 19.4. The van der Waals surface area contributed by atoms with Crippen LogP contribution in [0.3, 0.4) is 0 Å². The van der Waals surface area contributed by atoms with Crippen LogP contribution in [0.1, 0.15) is 49.9 Å². The average Bonchev–Trinajstić information content (AvgIpc) is 3.45. The summed E-state index contributed by atoms with van der Waals surface area (Å²) in [5.74, 6) is 0.0213. The number of quaternary nitrogens is 1. The number of nitrogens with one attached hydrogen (secondary N) is 1. The number of Topliss-reactive ketones (excluding diaryl/α,β-unsaturated/α-hetero) is 1. The number of hydrogen-bond acceptors (Lipinski definition) is 7. The van der Waals surface area contributed by atoms with E-state index in [9.17, 15) is 14.7 Å². The summed E-state index contributed by atoms with van der Waals surface area (Å²) in [6.45, 7) is 11.1. The smallest absolute Gasteiger partial charge is 0.295 e. The molecule has 1 amide bonds. The lowest BCUT2D eigenvalue weighted by molar-refractivity contribution is -0.908. The highest BCUT2D eigenvalue weighted by atomic mass is 16.5. The zero-order valence-corrected chi connectivity index (χ0v) is 23.5. The second kappa shape index (κ2) is 12.3. The number of amides is 1. The van der Waals surface area contributed by atoms with Gasteiger partial charge in [-0.2, -0.15) is 0 Å². The van der Waals surface area contributed by atoms with E-state index in [1.807, 2.05) is 26.8 Å². The molecule has 9 heteroatoms. The lowest BCUT2D eigenvalue weighted by Crippen LogP contribution is -3.14. The quantitative estimate of drug-likeness (QED) is 0.271. The van der Waals surface area contributed by atoms with Gasteiger partial charge in [-0.3, -0.25) is 9.59 Å². The van der Waals surface area contributed by atoms with Crippen molar-refractivity contribution in [2.24, 2.45) is 0 Å². The molecular formula is C31H38N2O7. The van der Waals surface area contributed by atoms with Crippen molar-refractivity contribution < 1.29 is 38.5 Å². The van der Waals surface area contributed by atoms with Gasteiger partial charge in [-0.25, -0.2) is 0 Å². The number of likely N-dealkylation sites (tertiary alicyclic amines) is 1. The number of rotatable bonds is 10. The van der Waals surface area contributed by atoms with Crippen molar-refractivity contribution in [3.63, 3.8) is 0 Å². The molecule has 2 aromatic carbocycles. The predicted octanol–water partition coefficient (Wildman–Crippen LogP) is 1.34. The van der Waals surface area contributed by atoms with Crippen molar-refractivity contribution in [3.8, 4) is 17.2 Å². The second-order valence-electron chi connectivity index (χ2n) is 10.5. The van der Waals surface area contributed by atoms with Crippen molar-refractivity contribution >= 4 is 17.4 Å². The van der Waals surface area contributed by atoms with Gasteiger partial charge in [0, 0.05) is 25.0 Å². The van der Waals surface area contributed by atoms with Crippen LogP contribution in [0.4, 0.5) is 0 Å². The minimum absolute atomic E-state index is 0.0257. The number of carbonyl (C=O) groups is 2. The Morgan fingerprint density at radius 3 is 2.55 bits per heavy atom. The third-order valence-corrected chi connectivity index (χ3v) is 7.70. The molecule has 0 aromatic heterocycles. The third kappa shape index (κ3) is 5.67. The Bertz CT molecular complexity index is 1280. The topological polar surface area (TPSA) is 102 Å². The zero-order chi connectivity index (χ0) is 28.2. The van der Waals surface area contributed by atoms with E-state index in [4.69, 9.17) is 18.9 Å². The van der Waals surface area contributed by atoms with E-state index in [1.54, 1.807) is 35.2 Å². The largest absolute Gasteiger partial charge is 0.872 e. The van der Waals surface area contributed by atoms with Crippen LogP contribution >= 0.6 is 0 Å². The maximum Gasteiger partial charge on any atom is 0.295 e. The molecule has 3 aliphatic rings. The number of hydrogen-bond donors (Lipinski definition) is 1. The Morgan fingerprint density at radius 1 is 1.05 bits per heavy atom. The van der Waals surface area contributed by atoms with Crippen molar-refractivity contribution in [2.45, 2.75) is 45.8 Å². The molecular weight excluding hydrogens is 512 g/mol. The Kier molecular flexibility index (Phi) is 8.61. The lowest BCUT2D eigenvalue weighted by Gasteiger charge is -2.29. The molecule has 0 aliphatic carbocycles. The van der Waals surface area contributed by atoms with Gasteiger partial charge in [0.25, 0.3) is 5.91 Å². The van der Waals surface area contributed by atoms with Gasteiger partial charge in [0.15, 0.2) is 11.5 Å². The van der Waals surface area contributed by atoms with Crippen LogP contribution in [0.15, 0.2) is 42.0 Å². The maximum atomic E-state index is 14.0. The fraction of sp³-hybridized carbons (Fsp3) is 0.484. The monoisotopic (exact) mass is 550 g/mol. The summed E-state index contributed by atoms with van der Waals surface area (Å²) in [6.07, 6.45) is 1.42. The number of morpholine rings is 1. The van der Waals surface area contributed by atoms with Gasteiger partial charge in [0.1, 0.15) is 24.9 Å². The molecule has 0 radical (unpaired) electrons. The number of nitrogens with zero attached hydrogens (tertiary/aromatic N) is 1. The highest BCUT2D eigenvalue weighted by Gasteiger charge is 2.44. The first-order valence-corrected chi connectivity index (χ1v) is 14.3. The van der Waals surface area contributed by atoms with E-state index in [1.165, 1.54) is 4.90 Å². The van der Waals surface area contributed by atoms with Crippen LogP contribution in [-0.4, -0.2) is 75.3 Å². The van der Waals surface area contributed by atoms with E-state index in [0.29, 0.717) is 55.2 Å². The molecule has 2 atom stereocenters. The molecule has 0 saturated carbocycles. The second-order valence-corrected chi connectivity index (χ2v) is 10.5. The minimum atomic E-state index is -0.814. The van der Waals surface area contributed by atoms with Gasteiger partial charge in [-0.1, -0.05) is 17.9 Å². The van der Waals surface area contributed by atoms with Crippen molar-refractivity contribution in [2.75, 3.05) is 52.6 Å². The number of ether oxygens (including phenoxy) is 4. The van der Waals surface area contributed by atoms with E-state index >= 15 is 0 Å². The molecule has 40 heavy (non-hydrogen) atoms. The molecule has 2 saturated heterocycles. The molecule has 2 aromatic rings. The van der Waals surface area contributed by atoms with Gasteiger partial charge >= 0.3 is 0 Å². The van der Waals surface area contributed by atoms with Gasteiger partial charge in [0.05, 0.1) is 39.0 Å². The summed E-state index contributed by atoms with van der Waals surface area (Å²) in [4.78, 5) is 29.9. The van der Waals surface area contributed by atoms with E-state index < -0.39 is 23.5 Å². The van der Waals surface area contributed by atoms with E-state index in [2.05, 4.69) is 0 Å². The van der Waals surface area contributed by atoms with E-state index in [-0.39, 0.29) is 11.7 Å². The Balaban J connectivity index is 1.53. The molecule has 1 N–H and O–H groups in total. The average molecular weight is 551 g/mol. The standard InChI is InChI=1S/C31H38N2O7/c1-4-38-25-10-7-21(19-26(25)39-5-2)28-27(29(34)22-8-9-24-23(18-22)17-20(3)40-24)30(35)31(36)33(28)12-6-11-32-13-15-37-16-14-32/h7-10,18-20,28,34H,4-6,11-17H2,1-3H3. The molecule has 0 spiro atoms. The molecule has 214 valence electrons. The minimum Gasteiger partial charge on any atom is -0.872 e. The molecule has 9 nitrogen and oxygen atoms in total. The van der Waals surface area contributed by atoms with E-state index in [0.717, 1.165) is 44.2 Å². The number of benzene rings is 2. The van der Waals surface area contributed by atoms with Crippen LogP contribution in [0.25, 0.3) is 5.76 Å². The molecule has 0 bridgehead atoms. The predicted molar refractivity (Wildman–Crippen MR) is 146 cm³/mol. The number of fused-ring (bicyclic) bond motifs is 1. The number of ketones is 1. The first-order valence-electron chi connectivity index (χ1n) is 14.3. The highest BCUT2D eigenvalue weighted by molar-refractivity contribution is 6.46. The fourth-order valence-electron chi connectivity index (χ4n) is 5.81. The van der Waals surface area contributed by atoms with Crippen LogP contribution in [-0.2, 0) is 20.7 Å². The molecule has 2 unspecified atom stereocenters. The van der Waals surface area contributed by atoms with Gasteiger partial charge in [-0.05, 0) is 61.7 Å². The Labute approximate surface area is 235 Å². The van der Waals surface area contributed by atoms with Crippen molar-refractivity contribution in [1.82, 2.24) is 4.90 Å². The third-order valence-electron chi connectivity index (χ3n) is 7.70. The Hall–Kier alpha value is -3.56. The highest BCUT2D eigenvalue weighted by Crippen LogP contribution is 2.42. The lowest BCUT2D eigenvalue weighted by atomic mass is 9.94. The van der Waals surface area contributed by atoms with Crippen molar-refractivity contribution in [3.05, 3.63) is 58.7 Å². The summed E-state index contributed by atoms with van der Waals surface area (Å²) in [6, 6.07) is 9.81. The zero-order valence-electron chi connectivity index (χ0n) is 23.5. The Morgan fingerprint density at radius 2 is 1.80 bits per heavy atom. The first kappa shape index (κ1) is 28.0. The van der Waals surface area contributed by atoms with Crippen LogP contribution in [0.5, 0.6) is 17.2 Å². The molecule has 3 heterocycles. The van der Waals surface area contributed by atoms with Crippen LogP contribution < -0.4 is 24.2 Å². The summed E-state index contributed by atoms with van der Waals surface area (Å²) < 4.78 is 22.8. The maximum absolute atomic E-state index is 14.0.